The van der Waals surface area contributed by atoms with Crippen LogP contribution in [0.4, 0.5) is 14.5 Å². The zero-order chi connectivity index (χ0) is 15.0. The number of rotatable bonds is 3. The summed E-state index contributed by atoms with van der Waals surface area (Å²) in [5, 5.41) is 0. The summed E-state index contributed by atoms with van der Waals surface area (Å²) in [4.78, 5) is 4.39. The average Bonchev–Trinajstić information content (AvgIpc) is 3.10. The summed E-state index contributed by atoms with van der Waals surface area (Å²) in [6, 6.07) is 2.90. The number of benzene rings is 1. The second-order valence-corrected chi connectivity index (χ2v) is 6.31. The van der Waals surface area contributed by atoms with Crippen LogP contribution in [-0.2, 0) is 0 Å². The summed E-state index contributed by atoms with van der Waals surface area (Å²) in [5.74, 6) is -1.08. The van der Waals surface area contributed by atoms with Crippen molar-refractivity contribution in [2.75, 3.05) is 38.1 Å². The van der Waals surface area contributed by atoms with E-state index in [1.165, 1.54) is 12.1 Å². The normalized spacial score (nSPS) is 26.8. The van der Waals surface area contributed by atoms with Crippen LogP contribution in [-0.4, -0.2) is 38.1 Å². The van der Waals surface area contributed by atoms with Crippen LogP contribution in [0.2, 0.25) is 0 Å². The second-order valence-electron chi connectivity index (χ2n) is 6.31. The zero-order valence-electron chi connectivity index (χ0n) is 12.5. The first kappa shape index (κ1) is 14.7. The summed E-state index contributed by atoms with van der Waals surface area (Å²) in [6.07, 6.45) is 3.15. The lowest BCUT2D eigenvalue weighted by molar-refractivity contribution is 0.312. The molecule has 2 fully saturated rings. The molecule has 2 saturated heterocycles. The summed E-state index contributed by atoms with van der Waals surface area (Å²) >= 11 is 0. The van der Waals surface area contributed by atoms with Crippen molar-refractivity contribution in [2.24, 2.45) is 11.7 Å². The lowest BCUT2D eigenvalue weighted by atomic mass is 9.97. The monoisotopic (exact) mass is 295 g/mol. The lowest BCUT2D eigenvalue weighted by Gasteiger charge is -2.27. The predicted octanol–water partition coefficient (Wildman–Crippen LogP) is 2.52. The van der Waals surface area contributed by atoms with Crippen LogP contribution in [0.15, 0.2) is 12.1 Å². The number of nitrogens with zero attached hydrogens (tertiary/aromatic N) is 2. The molecule has 2 heterocycles. The van der Waals surface area contributed by atoms with Gasteiger partial charge in [0.05, 0.1) is 0 Å². The Kier molecular flexibility index (Phi) is 4.13. The molecule has 1 aromatic rings. The standard InChI is InChI=1S/C16H23F2N3/c1-20-10-11(9-19)6-15(20)12-7-13(17)14(18)8-16(12)21-4-2-3-5-21/h7-8,11,15H,2-6,9-10,19H2,1H3. The molecule has 0 spiro atoms. The number of halogens is 2. The third-order valence-corrected chi connectivity index (χ3v) is 4.84. The molecule has 3 nitrogen and oxygen atoms in total. The molecular weight excluding hydrogens is 272 g/mol. The molecule has 0 aromatic heterocycles. The van der Waals surface area contributed by atoms with Gasteiger partial charge in [0.25, 0.3) is 0 Å². The van der Waals surface area contributed by atoms with Crippen LogP contribution in [0, 0.1) is 17.6 Å². The van der Waals surface area contributed by atoms with E-state index in [2.05, 4.69) is 9.80 Å². The Morgan fingerprint density at radius 3 is 2.48 bits per heavy atom. The van der Waals surface area contributed by atoms with Gasteiger partial charge in [-0.25, -0.2) is 8.78 Å². The van der Waals surface area contributed by atoms with Gasteiger partial charge in [0.15, 0.2) is 11.6 Å². The highest BCUT2D eigenvalue weighted by molar-refractivity contribution is 5.56. The molecule has 2 aliphatic rings. The van der Waals surface area contributed by atoms with E-state index < -0.39 is 11.6 Å². The molecule has 0 saturated carbocycles. The molecule has 0 radical (unpaired) electrons. The molecule has 116 valence electrons. The van der Waals surface area contributed by atoms with Crippen LogP contribution in [0.3, 0.4) is 0 Å². The van der Waals surface area contributed by atoms with Crippen LogP contribution < -0.4 is 10.6 Å². The highest BCUT2D eigenvalue weighted by Crippen LogP contribution is 2.40. The van der Waals surface area contributed by atoms with E-state index in [9.17, 15) is 8.78 Å². The molecular formula is C16H23F2N3. The topological polar surface area (TPSA) is 32.5 Å². The van der Waals surface area contributed by atoms with Crippen molar-refractivity contribution in [1.82, 2.24) is 4.90 Å². The van der Waals surface area contributed by atoms with E-state index in [1.807, 2.05) is 7.05 Å². The molecule has 0 amide bonds. The van der Waals surface area contributed by atoms with Gasteiger partial charge in [0.1, 0.15) is 0 Å². The van der Waals surface area contributed by atoms with E-state index in [-0.39, 0.29) is 6.04 Å². The third kappa shape index (κ3) is 2.77. The Bertz CT molecular complexity index is 514. The molecule has 3 rings (SSSR count). The van der Waals surface area contributed by atoms with Crippen molar-refractivity contribution < 1.29 is 8.78 Å². The Hall–Kier alpha value is -1.20. The number of anilines is 1. The summed E-state index contributed by atoms with van der Waals surface area (Å²) in [6.45, 7) is 3.41. The Morgan fingerprint density at radius 1 is 1.19 bits per heavy atom. The van der Waals surface area contributed by atoms with Crippen molar-refractivity contribution in [3.05, 3.63) is 29.3 Å². The average molecular weight is 295 g/mol. The van der Waals surface area contributed by atoms with Gasteiger partial charge >= 0.3 is 0 Å². The minimum absolute atomic E-state index is 0.129. The number of hydrogen-bond donors (Lipinski definition) is 1. The highest BCUT2D eigenvalue weighted by Gasteiger charge is 2.33. The van der Waals surface area contributed by atoms with Crippen LogP contribution in [0.5, 0.6) is 0 Å². The quantitative estimate of drug-likeness (QED) is 0.930. The van der Waals surface area contributed by atoms with E-state index in [1.54, 1.807) is 0 Å². The van der Waals surface area contributed by atoms with Crippen molar-refractivity contribution in [3.8, 4) is 0 Å². The maximum Gasteiger partial charge on any atom is 0.160 e. The fourth-order valence-electron chi connectivity index (χ4n) is 3.69. The minimum Gasteiger partial charge on any atom is -0.371 e. The molecule has 2 atom stereocenters. The highest BCUT2D eigenvalue weighted by atomic mass is 19.2. The van der Waals surface area contributed by atoms with Crippen molar-refractivity contribution in [3.63, 3.8) is 0 Å². The Balaban J connectivity index is 1.98. The summed E-state index contributed by atoms with van der Waals surface area (Å²) in [5.41, 5.74) is 7.55. The van der Waals surface area contributed by atoms with Gasteiger partial charge in [-0.2, -0.15) is 0 Å². The SMILES string of the molecule is CN1CC(CN)CC1c1cc(F)c(F)cc1N1CCCC1. The molecule has 2 aliphatic heterocycles. The van der Waals surface area contributed by atoms with E-state index in [0.29, 0.717) is 12.5 Å². The first-order valence-electron chi connectivity index (χ1n) is 7.74. The van der Waals surface area contributed by atoms with Crippen LogP contribution >= 0.6 is 0 Å². The summed E-state index contributed by atoms with van der Waals surface area (Å²) in [7, 11) is 2.04. The second kappa shape index (κ2) is 5.89. The molecule has 0 bridgehead atoms. The van der Waals surface area contributed by atoms with Gasteiger partial charge < -0.3 is 10.6 Å². The first-order chi connectivity index (χ1) is 10.1. The van der Waals surface area contributed by atoms with Gasteiger partial charge in [-0.05, 0) is 50.4 Å². The summed E-state index contributed by atoms with van der Waals surface area (Å²) < 4.78 is 27.5. The third-order valence-electron chi connectivity index (χ3n) is 4.84. The van der Waals surface area contributed by atoms with Crippen molar-refractivity contribution in [2.45, 2.75) is 25.3 Å². The predicted molar refractivity (Wildman–Crippen MR) is 80.3 cm³/mol. The zero-order valence-corrected chi connectivity index (χ0v) is 12.5. The maximum absolute atomic E-state index is 13.8. The number of likely N-dealkylation sites (tertiary alicyclic amines) is 1. The largest absolute Gasteiger partial charge is 0.371 e. The van der Waals surface area contributed by atoms with E-state index >= 15 is 0 Å². The van der Waals surface area contributed by atoms with Gasteiger partial charge in [-0.15, -0.1) is 0 Å². The number of nitrogens with two attached hydrogens (primary N) is 1. The van der Waals surface area contributed by atoms with Crippen LogP contribution in [0.25, 0.3) is 0 Å². The van der Waals surface area contributed by atoms with Crippen molar-refractivity contribution in [1.29, 1.82) is 0 Å². The Labute approximate surface area is 124 Å². The molecule has 1 aromatic carbocycles. The first-order valence-corrected chi connectivity index (χ1v) is 7.74. The van der Waals surface area contributed by atoms with E-state index in [4.69, 9.17) is 5.73 Å². The minimum atomic E-state index is -0.753. The number of hydrogen-bond acceptors (Lipinski definition) is 3. The van der Waals surface area contributed by atoms with Gasteiger partial charge in [-0.1, -0.05) is 0 Å². The fourth-order valence-corrected chi connectivity index (χ4v) is 3.69. The smallest absolute Gasteiger partial charge is 0.160 e. The maximum atomic E-state index is 13.8. The molecule has 5 heteroatoms. The molecule has 2 N–H and O–H groups in total. The fraction of sp³-hybridized carbons (Fsp3) is 0.625. The van der Waals surface area contributed by atoms with Crippen LogP contribution in [0.1, 0.15) is 30.9 Å². The van der Waals surface area contributed by atoms with Crippen molar-refractivity contribution >= 4 is 5.69 Å². The van der Waals surface area contributed by atoms with E-state index in [0.717, 1.165) is 50.1 Å². The molecule has 21 heavy (non-hydrogen) atoms. The van der Waals surface area contributed by atoms with Gasteiger partial charge in [0.2, 0.25) is 0 Å². The lowest BCUT2D eigenvalue weighted by Crippen LogP contribution is -2.24. The van der Waals surface area contributed by atoms with Gasteiger partial charge in [-0.3, -0.25) is 4.90 Å². The molecule has 2 unspecified atom stereocenters. The molecule has 0 aliphatic carbocycles. The Morgan fingerprint density at radius 2 is 1.86 bits per heavy atom. The van der Waals surface area contributed by atoms with Gasteiger partial charge in [0, 0.05) is 37.4 Å².